The summed E-state index contributed by atoms with van der Waals surface area (Å²) in [7, 11) is 1.59. The molecule has 1 N–H and O–H groups in total. The molecule has 104 valence electrons. The van der Waals surface area contributed by atoms with Gasteiger partial charge < -0.3 is 9.47 Å². The summed E-state index contributed by atoms with van der Waals surface area (Å²) in [6.45, 7) is 0.194. The van der Waals surface area contributed by atoms with Crippen LogP contribution in [-0.4, -0.2) is 13.2 Å². The molecule has 0 saturated carbocycles. The first-order chi connectivity index (χ1) is 9.67. The van der Waals surface area contributed by atoms with Crippen LogP contribution in [0.15, 0.2) is 48.5 Å². The van der Waals surface area contributed by atoms with Gasteiger partial charge in [0.1, 0.15) is 12.4 Å². The minimum atomic E-state index is -0.509. The van der Waals surface area contributed by atoms with Crippen molar-refractivity contribution < 1.29 is 14.3 Å². The van der Waals surface area contributed by atoms with E-state index in [9.17, 15) is 4.79 Å². The van der Waals surface area contributed by atoms with Crippen LogP contribution in [0, 0.1) is 0 Å². The number of amides is 1. The average molecular weight is 292 g/mol. The monoisotopic (exact) mass is 291 g/mol. The fourth-order valence-corrected chi connectivity index (χ4v) is 1.68. The summed E-state index contributed by atoms with van der Waals surface area (Å²) in [5, 5.41) is 3.28. The van der Waals surface area contributed by atoms with E-state index in [1.165, 1.54) is 0 Å². The van der Waals surface area contributed by atoms with E-state index in [1.54, 1.807) is 43.5 Å². The van der Waals surface area contributed by atoms with Crippen molar-refractivity contribution in [1.29, 1.82) is 0 Å². The van der Waals surface area contributed by atoms with Gasteiger partial charge in [0, 0.05) is 10.7 Å². The summed E-state index contributed by atoms with van der Waals surface area (Å²) in [5.74, 6) is 0.727. The minimum Gasteiger partial charge on any atom is -0.497 e. The first-order valence-electron chi connectivity index (χ1n) is 5.99. The van der Waals surface area contributed by atoms with Crippen LogP contribution in [0.25, 0.3) is 0 Å². The molecule has 5 heteroatoms. The molecule has 0 unspecified atom stereocenters. The van der Waals surface area contributed by atoms with Gasteiger partial charge in [0.25, 0.3) is 0 Å². The highest BCUT2D eigenvalue weighted by molar-refractivity contribution is 6.30. The second-order valence-corrected chi connectivity index (χ2v) is 4.49. The largest absolute Gasteiger partial charge is 0.497 e. The smallest absolute Gasteiger partial charge is 0.411 e. The van der Waals surface area contributed by atoms with Crippen LogP contribution in [0.1, 0.15) is 5.56 Å². The van der Waals surface area contributed by atoms with E-state index >= 15 is 0 Å². The molecule has 0 aliphatic carbocycles. The van der Waals surface area contributed by atoms with Crippen molar-refractivity contribution in [2.75, 3.05) is 12.4 Å². The fourth-order valence-electron chi connectivity index (χ4n) is 1.56. The number of ether oxygens (including phenoxy) is 2. The number of methoxy groups -OCH3 is 1. The third-order valence-corrected chi connectivity index (χ3v) is 2.87. The molecule has 0 aliphatic heterocycles. The summed E-state index contributed by atoms with van der Waals surface area (Å²) in [6, 6.07) is 14.1. The Morgan fingerprint density at radius 3 is 2.35 bits per heavy atom. The number of anilines is 1. The molecule has 0 saturated heterocycles. The van der Waals surface area contributed by atoms with E-state index in [0.29, 0.717) is 10.7 Å². The average Bonchev–Trinajstić information content (AvgIpc) is 2.47. The predicted octanol–water partition coefficient (Wildman–Crippen LogP) is 4.10. The molecule has 0 radical (unpaired) electrons. The molecule has 20 heavy (non-hydrogen) atoms. The number of nitrogens with one attached hydrogen (secondary N) is 1. The second-order valence-electron chi connectivity index (χ2n) is 4.06. The molecule has 4 nitrogen and oxygen atoms in total. The van der Waals surface area contributed by atoms with Gasteiger partial charge in [0.15, 0.2) is 0 Å². The van der Waals surface area contributed by atoms with Crippen molar-refractivity contribution in [3.63, 3.8) is 0 Å². The number of benzene rings is 2. The maximum atomic E-state index is 11.6. The Bertz CT molecular complexity index is 567. The molecular weight excluding hydrogens is 278 g/mol. The third kappa shape index (κ3) is 4.17. The predicted molar refractivity (Wildman–Crippen MR) is 78.3 cm³/mol. The van der Waals surface area contributed by atoms with E-state index in [4.69, 9.17) is 21.1 Å². The van der Waals surface area contributed by atoms with Crippen molar-refractivity contribution >= 4 is 23.4 Å². The second kappa shape index (κ2) is 6.82. The molecule has 0 heterocycles. The van der Waals surface area contributed by atoms with Gasteiger partial charge in [-0.25, -0.2) is 4.79 Å². The van der Waals surface area contributed by atoms with Gasteiger partial charge in [-0.2, -0.15) is 0 Å². The summed E-state index contributed by atoms with van der Waals surface area (Å²) in [6.07, 6.45) is -0.509. The third-order valence-electron chi connectivity index (χ3n) is 2.62. The first-order valence-corrected chi connectivity index (χ1v) is 6.37. The molecule has 0 atom stereocenters. The lowest BCUT2D eigenvalue weighted by molar-refractivity contribution is 0.155. The molecule has 0 aliphatic rings. The van der Waals surface area contributed by atoms with Crippen LogP contribution in [0.2, 0.25) is 5.02 Å². The summed E-state index contributed by atoms with van der Waals surface area (Å²) in [4.78, 5) is 11.6. The Hall–Kier alpha value is -2.20. The van der Waals surface area contributed by atoms with Gasteiger partial charge in [-0.05, 0) is 42.0 Å². The highest BCUT2D eigenvalue weighted by Gasteiger charge is 2.04. The SMILES string of the molecule is COc1ccc(NC(=O)OCc2ccc(Cl)cc2)cc1. The van der Waals surface area contributed by atoms with Crippen molar-refractivity contribution in [3.05, 3.63) is 59.1 Å². The Morgan fingerprint density at radius 2 is 1.75 bits per heavy atom. The highest BCUT2D eigenvalue weighted by atomic mass is 35.5. The van der Waals surface area contributed by atoms with Crippen molar-refractivity contribution in [3.8, 4) is 5.75 Å². The topological polar surface area (TPSA) is 47.6 Å². The molecular formula is C15H14ClNO3. The molecule has 2 aromatic carbocycles. The van der Waals surface area contributed by atoms with Gasteiger partial charge in [0.05, 0.1) is 7.11 Å². The van der Waals surface area contributed by atoms with Crippen molar-refractivity contribution in [1.82, 2.24) is 0 Å². The Balaban J connectivity index is 1.84. The van der Waals surface area contributed by atoms with Gasteiger partial charge in [-0.3, -0.25) is 5.32 Å². The number of halogens is 1. The van der Waals surface area contributed by atoms with E-state index in [2.05, 4.69) is 5.32 Å². The Kier molecular flexibility index (Phi) is 4.85. The molecule has 2 rings (SSSR count). The van der Waals surface area contributed by atoms with E-state index in [0.717, 1.165) is 11.3 Å². The zero-order chi connectivity index (χ0) is 14.4. The molecule has 0 fully saturated rings. The van der Waals surface area contributed by atoms with Crippen molar-refractivity contribution in [2.24, 2.45) is 0 Å². The van der Waals surface area contributed by atoms with Gasteiger partial charge in [-0.15, -0.1) is 0 Å². The van der Waals surface area contributed by atoms with Crippen LogP contribution in [-0.2, 0) is 11.3 Å². The van der Waals surface area contributed by atoms with Gasteiger partial charge in [0.2, 0.25) is 0 Å². The standard InChI is InChI=1S/C15H14ClNO3/c1-19-14-8-6-13(7-9-14)17-15(18)20-10-11-2-4-12(16)5-3-11/h2-9H,10H2,1H3,(H,17,18). The highest BCUT2D eigenvalue weighted by Crippen LogP contribution is 2.15. The number of rotatable bonds is 4. The minimum absolute atomic E-state index is 0.194. The maximum Gasteiger partial charge on any atom is 0.411 e. The lowest BCUT2D eigenvalue weighted by Crippen LogP contribution is -2.13. The van der Waals surface area contributed by atoms with E-state index < -0.39 is 6.09 Å². The lowest BCUT2D eigenvalue weighted by atomic mass is 10.2. The number of hydrogen-bond acceptors (Lipinski definition) is 3. The van der Waals surface area contributed by atoms with Crippen molar-refractivity contribution in [2.45, 2.75) is 6.61 Å². The molecule has 0 bridgehead atoms. The molecule has 2 aromatic rings. The van der Waals surface area contributed by atoms with Crippen LogP contribution >= 0.6 is 11.6 Å². The quantitative estimate of drug-likeness (QED) is 0.922. The summed E-state index contributed by atoms with van der Waals surface area (Å²) < 4.78 is 10.1. The number of hydrogen-bond donors (Lipinski definition) is 1. The maximum absolute atomic E-state index is 11.6. The fraction of sp³-hybridized carbons (Fsp3) is 0.133. The van der Waals surface area contributed by atoms with Crippen LogP contribution in [0.4, 0.5) is 10.5 Å². The first kappa shape index (κ1) is 14.2. The van der Waals surface area contributed by atoms with Gasteiger partial charge in [-0.1, -0.05) is 23.7 Å². The summed E-state index contributed by atoms with van der Waals surface area (Å²) in [5.41, 5.74) is 1.52. The van der Waals surface area contributed by atoms with E-state index in [1.807, 2.05) is 12.1 Å². The van der Waals surface area contributed by atoms with Gasteiger partial charge >= 0.3 is 6.09 Å². The lowest BCUT2D eigenvalue weighted by Gasteiger charge is -2.07. The zero-order valence-corrected chi connectivity index (χ0v) is 11.7. The number of carbonyl (C=O) groups is 1. The summed E-state index contributed by atoms with van der Waals surface area (Å²) >= 11 is 5.78. The molecule has 1 amide bonds. The normalized spacial score (nSPS) is 9.90. The number of carbonyl (C=O) groups excluding carboxylic acids is 1. The molecule has 0 spiro atoms. The Labute approximate surface area is 122 Å². The zero-order valence-electron chi connectivity index (χ0n) is 10.9. The van der Waals surface area contributed by atoms with Crippen LogP contribution in [0.3, 0.4) is 0 Å². The Morgan fingerprint density at radius 1 is 1.10 bits per heavy atom. The van der Waals surface area contributed by atoms with E-state index in [-0.39, 0.29) is 6.61 Å². The van der Waals surface area contributed by atoms with Crippen LogP contribution < -0.4 is 10.1 Å². The molecule has 0 aromatic heterocycles. The van der Waals surface area contributed by atoms with Crippen LogP contribution in [0.5, 0.6) is 5.75 Å².